The summed E-state index contributed by atoms with van der Waals surface area (Å²) in [5, 5.41) is 12.8. The SMILES string of the molecule is COc1cccc2c1[C@@H](N1CN(CCC3CC3)C(=O)c3c(O)c(=O)ccn31)c1ccccc1SC2. The van der Waals surface area contributed by atoms with Crippen molar-refractivity contribution in [2.75, 3.05) is 25.3 Å². The zero-order valence-corrected chi connectivity index (χ0v) is 20.3. The summed E-state index contributed by atoms with van der Waals surface area (Å²) in [5.74, 6) is 1.41. The summed E-state index contributed by atoms with van der Waals surface area (Å²) in [4.78, 5) is 28.8. The molecule has 8 heteroatoms. The average molecular weight is 490 g/mol. The standard InChI is InChI=1S/C27H27N3O4S/c1-34-21-7-4-5-18-15-35-22-8-3-2-6-19(22)24(23(18)21)30-16-28(13-11-17-9-10-17)27(33)25-26(32)20(31)12-14-29(25)30/h2-8,12,14,17,24,32H,9-11,13,15-16H2,1H3/t24-/m0/s1. The number of rotatable bonds is 5. The van der Waals surface area contributed by atoms with E-state index in [0.29, 0.717) is 19.1 Å². The predicted octanol–water partition coefficient (Wildman–Crippen LogP) is 4.11. The van der Waals surface area contributed by atoms with Gasteiger partial charge in [-0.25, -0.2) is 0 Å². The van der Waals surface area contributed by atoms with E-state index in [0.717, 1.165) is 39.5 Å². The Labute approximate surface area is 207 Å². The first-order valence-electron chi connectivity index (χ1n) is 11.9. The summed E-state index contributed by atoms with van der Waals surface area (Å²) in [7, 11) is 1.68. The maximum atomic E-state index is 13.5. The Balaban J connectivity index is 1.57. The molecule has 1 amide bonds. The van der Waals surface area contributed by atoms with Gasteiger partial charge in [0.15, 0.2) is 11.4 Å². The second-order valence-electron chi connectivity index (χ2n) is 9.37. The van der Waals surface area contributed by atoms with Crippen molar-refractivity contribution in [3.63, 3.8) is 0 Å². The van der Waals surface area contributed by atoms with Gasteiger partial charge in [0, 0.05) is 35.0 Å². The first kappa shape index (κ1) is 22.1. The van der Waals surface area contributed by atoms with Crippen molar-refractivity contribution < 1.29 is 14.6 Å². The first-order chi connectivity index (χ1) is 17.1. The van der Waals surface area contributed by atoms with E-state index in [2.05, 4.69) is 23.2 Å². The average Bonchev–Trinajstić information content (AvgIpc) is 3.72. The Bertz CT molecular complexity index is 1370. The lowest BCUT2D eigenvalue weighted by Crippen LogP contribution is -2.55. The second kappa shape index (κ2) is 8.68. The van der Waals surface area contributed by atoms with Crippen molar-refractivity contribution in [1.82, 2.24) is 9.58 Å². The third-order valence-electron chi connectivity index (χ3n) is 7.18. The van der Waals surface area contributed by atoms with Crippen LogP contribution < -0.4 is 15.2 Å². The van der Waals surface area contributed by atoms with Crippen LogP contribution in [0, 0.1) is 5.92 Å². The van der Waals surface area contributed by atoms with Crippen LogP contribution in [0.2, 0.25) is 0 Å². The predicted molar refractivity (Wildman–Crippen MR) is 135 cm³/mol. The lowest BCUT2D eigenvalue weighted by Gasteiger charge is -2.44. The highest BCUT2D eigenvalue weighted by molar-refractivity contribution is 7.98. The molecule has 3 aromatic rings. The zero-order chi connectivity index (χ0) is 24.1. The van der Waals surface area contributed by atoms with Crippen molar-refractivity contribution in [2.45, 2.75) is 36.0 Å². The van der Waals surface area contributed by atoms with E-state index < -0.39 is 11.2 Å². The highest BCUT2D eigenvalue weighted by atomic mass is 32.2. The smallest absolute Gasteiger partial charge is 0.277 e. The number of hydrogen-bond acceptors (Lipinski definition) is 6. The van der Waals surface area contributed by atoms with Gasteiger partial charge in [0.25, 0.3) is 5.91 Å². The number of ether oxygens (including phenoxy) is 1. The van der Waals surface area contributed by atoms with Crippen molar-refractivity contribution in [3.8, 4) is 11.5 Å². The van der Waals surface area contributed by atoms with Gasteiger partial charge in [-0.2, -0.15) is 0 Å². The monoisotopic (exact) mass is 489 g/mol. The molecule has 35 heavy (non-hydrogen) atoms. The van der Waals surface area contributed by atoms with Crippen LogP contribution in [0.3, 0.4) is 0 Å². The van der Waals surface area contributed by atoms with E-state index in [4.69, 9.17) is 4.74 Å². The number of amides is 1. The van der Waals surface area contributed by atoms with E-state index in [1.165, 1.54) is 18.9 Å². The molecule has 6 rings (SSSR count). The van der Waals surface area contributed by atoms with Gasteiger partial charge >= 0.3 is 0 Å². The number of hydrogen-bond donors (Lipinski definition) is 1. The summed E-state index contributed by atoms with van der Waals surface area (Å²) in [5.41, 5.74) is 2.76. The molecule has 0 saturated heterocycles. The second-order valence-corrected chi connectivity index (χ2v) is 10.4. The Kier molecular flexibility index (Phi) is 5.48. The number of fused-ring (bicyclic) bond motifs is 3. The minimum absolute atomic E-state index is 0.0189. The number of aromatic nitrogens is 1. The molecule has 1 aliphatic carbocycles. The normalized spacial score (nSPS) is 19.0. The van der Waals surface area contributed by atoms with Crippen molar-refractivity contribution in [2.24, 2.45) is 5.92 Å². The molecule has 2 aliphatic heterocycles. The highest BCUT2D eigenvalue weighted by Gasteiger charge is 2.40. The summed E-state index contributed by atoms with van der Waals surface area (Å²) in [6.07, 6.45) is 4.92. The van der Waals surface area contributed by atoms with Gasteiger partial charge in [0.1, 0.15) is 18.5 Å². The fourth-order valence-corrected chi connectivity index (χ4v) is 6.26. The quantitative estimate of drug-likeness (QED) is 0.582. The number of carbonyl (C=O) groups is 1. The summed E-state index contributed by atoms with van der Waals surface area (Å²) >= 11 is 1.78. The van der Waals surface area contributed by atoms with Gasteiger partial charge in [-0.15, -0.1) is 11.8 Å². The third-order valence-corrected chi connectivity index (χ3v) is 8.32. The molecule has 180 valence electrons. The Hall–Kier alpha value is -3.39. The van der Waals surface area contributed by atoms with Gasteiger partial charge in [0.05, 0.1) is 7.11 Å². The topological polar surface area (TPSA) is 75.0 Å². The number of pyridine rings is 1. The molecule has 2 aromatic carbocycles. The molecule has 1 saturated carbocycles. The zero-order valence-electron chi connectivity index (χ0n) is 19.5. The van der Waals surface area contributed by atoms with E-state index in [1.54, 1.807) is 34.6 Å². The number of benzene rings is 2. The largest absolute Gasteiger partial charge is 0.502 e. The maximum absolute atomic E-state index is 13.5. The van der Waals surface area contributed by atoms with Gasteiger partial charge in [-0.3, -0.25) is 19.3 Å². The summed E-state index contributed by atoms with van der Waals surface area (Å²) < 4.78 is 7.51. The van der Waals surface area contributed by atoms with E-state index in [1.807, 2.05) is 24.3 Å². The highest BCUT2D eigenvalue weighted by Crippen LogP contribution is 2.46. The fraction of sp³-hybridized carbons (Fsp3) is 0.333. The number of methoxy groups -OCH3 is 1. The third kappa shape index (κ3) is 3.76. The minimum Gasteiger partial charge on any atom is -0.502 e. The molecular formula is C27H27N3O4S. The molecule has 7 nitrogen and oxygen atoms in total. The Morgan fingerprint density at radius 2 is 1.91 bits per heavy atom. The number of aromatic hydroxyl groups is 1. The van der Waals surface area contributed by atoms with Crippen LogP contribution in [0.1, 0.15) is 52.5 Å². The molecule has 3 aliphatic rings. The van der Waals surface area contributed by atoms with E-state index in [-0.39, 0.29) is 17.6 Å². The molecule has 3 heterocycles. The van der Waals surface area contributed by atoms with Gasteiger partial charge < -0.3 is 14.7 Å². The van der Waals surface area contributed by atoms with Gasteiger partial charge in [0.2, 0.25) is 5.43 Å². The molecule has 0 radical (unpaired) electrons. The Morgan fingerprint density at radius 3 is 2.71 bits per heavy atom. The Morgan fingerprint density at radius 1 is 1.09 bits per heavy atom. The van der Waals surface area contributed by atoms with Crippen LogP contribution in [0.4, 0.5) is 0 Å². The number of carbonyl (C=O) groups excluding carboxylic acids is 1. The van der Waals surface area contributed by atoms with Crippen molar-refractivity contribution in [1.29, 1.82) is 0 Å². The maximum Gasteiger partial charge on any atom is 0.277 e. The van der Waals surface area contributed by atoms with Crippen LogP contribution in [0.25, 0.3) is 0 Å². The van der Waals surface area contributed by atoms with Crippen LogP contribution >= 0.6 is 11.8 Å². The number of thioether (sulfide) groups is 1. The molecular weight excluding hydrogens is 462 g/mol. The molecule has 0 bridgehead atoms. The molecule has 1 aromatic heterocycles. The first-order valence-corrected chi connectivity index (χ1v) is 12.9. The van der Waals surface area contributed by atoms with Gasteiger partial charge in [-0.05, 0) is 35.6 Å². The van der Waals surface area contributed by atoms with Gasteiger partial charge in [-0.1, -0.05) is 43.2 Å². The fourth-order valence-electron chi connectivity index (χ4n) is 5.17. The minimum atomic E-state index is -0.552. The molecule has 1 atom stereocenters. The van der Waals surface area contributed by atoms with Crippen LogP contribution in [-0.2, 0) is 5.75 Å². The van der Waals surface area contributed by atoms with Crippen molar-refractivity contribution >= 4 is 17.7 Å². The summed E-state index contributed by atoms with van der Waals surface area (Å²) in [6, 6.07) is 15.4. The van der Waals surface area contributed by atoms with E-state index >= 15 is 0 Å². The van der Waals surface area contributed by atoms with Crippen LogP contribution in [0.5, 0.6) is 11.5 Å². The van der Waals surface area contributed by atoms with Crippen LogP contribution in [0.15, 0.2) is 64.4 Å². The number of nitrogens with zero attached hydrogens (tertiary/aromatic N) is 3. The molecule has 0 spiro atoms. The van der Waals surface area contributed by atoms with Crippen LogP contribution in [-0.4, -0.2) is 40.9 Å². The van der Waals surface area contributed by atoms with Crippen molar-refractivity contribution in [3.05, 3.63) is 87.3 Å². The lowest BCUT2D eigenvalue weighted by molar-refractivity contribution is 0.0674. The lowest BCUT2D eigenvalue weighted by atomic mass is 9.93. The summed E-state index contributed by atoms with van der Waals surface area (Å²) in [6.45, 7) is 0.923. The molecule has 0 unspecified atom stereocenters. The molecule has 1 fully saturated rings. The molecule has 1 N–H and O–H groups in total. The van der Waals surface area contributed by atoms with E-state index in [9.17, 15) is 14.7 Å².